The molecule has 0 fully saturated rings. The van der Waals surface area contributed by atoms with E-state index in [0.29, 0.717) is 35.0 Å². The van der Waals surface area contributed by atoms with Crippen LogP contribution >= 0.6 is 11.3 Å². The van der Waals surface area contributed by atoms with Crippen LogP contribution in [0.15, 0.2) is 23.6 Å². The van der Waals surface area contributed by atoms with Gasteiger partial charge in [-0.05, 0) is 12.1 Å². The standard InChI is InChI=1S/C16H15N3O5S/c1-23-13-6-10(7-17)2-3-12(13)24-8-14(20)18-5-4-15-19-11(9-25-15)16(21)22/h2-3,6,9H,4-5,8H2,1H3,(H,18,20)(H,21,22). The van der Waals surface area contributed by atoms with Crippen LogP contribution in [0.1, 0.15) is 21.1 Å². The summed E-state index contributed by atoms with van der Waals surface area (Å²) in [5, 5.41) is 22.4. The Morgan fingerprint density at radius 1 is 1.40 bits per heavy atom. The van der Waals surface area contributed by atoms with E-state index in [1.165, 1.54) is 29.9 Å². The molecule has 2 aromatic rings. The number of methoxy groups -OCH3 is 1. The monoisotopic (exact) mass is 361 g/mol. The lowest BCUT2D eigenvalue weighted by molar-refractivity contribution is -0.123. The molecule has 1 aromatic carbocycles. The van der Waals surface area contributed by atoms with Crippen molar-refractivity contribution in [2.45, 2.75) is 6.42 Å². The highest BCUT2D eigenvalue weighted by Gasteiger charge is 2.10. The molecule has 2 N–H and O–H groups in total. The number of carbonyl (C=O) groups excluding carboxylic acids is 1. The predicted octanol–water partition coefficient (Wildman–Crippen LogP) is 1.46. The SMILES string of the molecule is COc1cc(C#N)ccc1OCC(=O)NCCc1nc(C(=O)O)cs1. The van der Waals surface area contributed by atoms with E-state index in [9.17, 15) is 9.59 Å². The molecule has 0 aliphatic rings. The molecule has 0 unspecified atom stereocenters. The molecule has 0 saturated carbocycles. The molecule has 0 spiro atoms. The van der Waals surface area contributed by atoms with Crippen molar-refractivity contribution in [3.05, 3.63) is 39.8 Å². The second-order valence-electron chi connectivity index (χ2n) is 4.80. The van der Waals surface area contributed by atoms with E-state index < -0.39 is 5.97 Å². The maximum absolute atomic E-state index is 11.8. The second kappa shape index (κ2) is 8.65. The molecule has 0 radical (unpaired) electrons. The third-order valence-electron chi connectivity index (χ3n) is 3.08. The van der Waals surface area contributed by atoms with Crippen LogP contribution in [-0.4, -0.2) is 42.2 Å². The molecule has 25 heavy (non-hydrogen) atoms. The molecule has 0 atom stereocenters. The molecule has 0 aliphatic heterocycles. The van der Waals surface area contributed by atoms with Gasteiger partial charge >= 0.3 is 5.97 Å². The molecule has 130 valence electrons. The molecule has 0 bridgehead atoms. The van der Waals surface area contributed by atoms with Crippen molar-refractivity contribution < 1.29 is 24.2 Å². The van der Waals surface area contributed by atoms with Crippen LogP contribution in [0.2, 0.25) is 0 Å². The number of hydrogen-bond acceptors (Lipinski definition) is 7. The Balaban J connectivity index is 1.79. The first kappa shape index (κ1) is 18.2. The summed E-state index contributed by atoms with van der Waals surface area (Å²) in [5.74, 6) is -0.670. The number of hydrogen-bond donors (Lipinski definition) is 2. The van der Waals surface area contributed by atoms with E-state index in [2.05, 4.69) is 10.3 Å². The molecule has 9 heteroatoms. The number of benzene rings is 1. The normalized spacial score (nSPS) is 9.92. The summed E-state index contributed by atoms with van der Waals surface area (Å²) in [4.78, 5) is 26.5. The molecule has 0 saturated heterocycles. The van der Waals surface area contributed by atoms with Crippen LogP contribution in [-0.2, 0) is 11.2 Å². The van der Waals surface area contributed by atoms with Gasteiger partial charge in [-0.3, -0.25) is 4.79 Å². The van der Waals surface area contributed by atoms with Crippen LogP contribution in [0.3, 0.4) is 0 Å². The Kier molecular flexibility index (Phi) is 6.31. The van der Waals surface area contributed by atoms with Gasteiger partial charge < -0.3 is 19.9 Å². The van der Waals surface area contributed by atoms with Crippen molar-refractivity contribution in [3.8, 4) is 17.6 Å². The topological polar surface area (TPSA) is 122 Å². The van der Waals surface area contributed by atoms with Crippen LogP contribution in [0, 0.1) is 11.3 Å². The van der Waals surface area contributed by atoms with Gasteiger partial charge in [0.15, 0.2) is 23.8 Å². The number of aromatic nitrogens is 1. The van der Waals surface area contributed by atoms with Gasteiger partial charge in [0, 0.05) is 24.4 Å². The van der Waals surface area contributed by atoms with Crippen molar-refractivity contribution in [1.29, 1.82) is 5.26 Å². The summed E-state index contributed by atoms with van der Waals surface area (Å²) in [5.41, 5.74) is 0.431. The minimum Gasteiger partial charge on any atom is -0.493 e. The zero-order chi connectivity index (χ0) is 18.2. The number of amides is 1. The van der Waals surface area contributed by atoms with E-state index >= 15 is 0 Å². The molecular formula is C16H15N3O5S. The Bertz CT molecular complexity index is 812. The number of carboxylic acids is 1. The molecular weight excluding hydrogens is 346 g/mol. The molecule has 1 aromatic heterocycles. The number of carboxylic acid groups (broad SMARTS) is 1. The summed E-state index contributed by atoms with van der Waals surface area (Å²) in [6.07, 6.45) is 0.434. The van der Waals surface area contributed by atoms with Crippen molar-refractivity contribution in [3.63, 3.8) is 0 Å². The van der Waals surface area contributed by atoms with Crippen molar-refractivity contribution in [1.82, 2.24) is 10.3 Å². The highest BCUT2D eigenvalue weighted by Crippen LogP contribution is 2.27. The number of carbonyl (C=O) groups is 2. The number of aromatic carboxylic acids is 1. The Labute approximate surface area is 147 Å². The zero-order valence-corrected chi connectivity index (χ0v) is 14.1. The van der Waals surface area contributed by atoms with Gasteiger partial charge in [0.2, 0.25) is 0 Å². The fourth-order valence-electron chi connectivity index (χ4n) is 1.88. The Hall–Kier alpha value is -3.12. The zero-order valence-electron chi connectivity index (χ0n) is 13.3. The highest BCUT2D eigenvalue weighted by molar-refractivity contribution is 7.09. The van der Waals surface area contributed by atoms with Gasteiger partial charge in [0.1, 0.15) is 0 Å². The fourth-order valence-corrected chi connectivity index (χ4v) is 2.66. The first-order valence-electron chi connectivity index (χ1n) is 7.19. The van der Waals surface area contributed by atoms with Crippen LogP contribution in [0.25, 0.3) is 0 Å². The van der Waals surface area contributed by atoms with E-state index in [4.69, 9.17) is 19.8 Å². The predicted molar refractivity (Wildman–Crippen MR) is 89.0 cm³/mol. The number of thiazole rings is 1. The van der Waals surface area contributed by atoms with Gasteiger partial charge in [0.25, 0.3) is 5.91 Å². The molecule has 1 amide bonds. The van der Waals surface area contributed by atoms with Gasteiger partial charge in [-0.2, -0.15) is 5.26 Å². The quantitative estimate of drug-likeness (QED) is 0.730. The summed E-state index contributed by atoms with van der Waals surface area (Å²) < 4.78 is 10.5. The van der Waals surface area contributed by atoms with Crippen molar-refractivity contribution in [2.24, 2.45) is 0 Å². The summed E-state index contributed by atoms with van der Waals surface area (Å²) in [6, 6.07) is 6.64. The maximum Gasteiger partial charge on any atom is 0.355 e. The minimum absolute atomic E-state index is 0.00238. The molecule has 2 rings (SSSR count). The molecule has 8 nitrogen and oxygen atoms in total. The smallest absolute Gasteiger partial charge is 0.355 e. The van der Waals surface area contributed by atoms with Crippen LogP contribution in [0.5, 0.6) is 11.5 Å². The van der Waals surface area contributed by atoms with Crippen LogP contribution < -0.4 is 14.8 Å². The fraction of sp³-hybridized carbons (Fsp3) is 0.250. The van der Waals surface area contributed by atoms with Gasteiger partial charge in [-0.1, -0.05) is 0 Å². The number of ether oxygens (including phenoxy) is 2. The lowest BCUT2D eigenvalue weighted by Gasteiger charge is -2.10. The summed E-state index contributed by atoms with van der Waals surface area (Å²) in [6.45, 7) is 0.111. The lowest BCUT2D eigenvalue weighted by Crippen LogP contribution is -2.30. The summed E-state index contributed by atoms with van der Waals surface area (Å²) in [7, 11) is 1.45. The maximum atomic E-state index is 11.8. The van der Waals surface area contributed by atoms with E-state index in [-0.39, 0.29) is 18.2 Å². The number of rotatable bonds is 8. The van der Waals surface area contributed by atoms with Crippen molar-refractivity contribution >= 4 is 23.2 Å². The molecule has 1 heterocycles. The Morgan fingerprint density at radius 2 is 2.20 bits per heavy atom. The van der Waals surface area contributed by atoms with E-state index in [1.54, 1.807) is 12.1 Å². The molecule has 0 aliphatic carbocycles. The van der Waals surface area contributed by atoms with Gasteiger partial charge in [-0.15, -0.1) is 11.3 Å². The van der Waals surface area contributed by atoms with Gasteiger partial charge in [0.05, 0.1) is 23.8 Å². The Morgan fingerprint density at radius 3 is 2.84 bits per heavy atom. The summed E-state index contributed by atoms with van der Waals surface area (Å²) >= 11 is 1.23. The lowest BCUT2D eigenvalue weighted by atomic mass is 10.2. The highest BCUT2D eigenvalue weighted by atomic mass is 32.1. The third kappa shape index (κ3) is 5.19. The van der Waals surface area contributed by atoms with Crippen molar-refractivity contribution in [2.75, 3.05) is 20.3 Å². The van der Waals surface area contributed by atoms with E-state index in [1.807, 2.05) is 6.07 Å². The number of nitrogens with zero attached hydrogens (tertiary/aromatic N) is 2. The minimum atomic E-state index is -1.07. The van der Waals surface area contributed by atoms with Gasteiger partial charge in [-0.25, -0.2) is 9.78 Å². The largest absolute Gasteiger partial charge is 0.493 e. The second-order valence-corrected chi connectivity index (χ2v) is 5.74. The third-order valence-corrected chi connectivity index (χ3v) is 3.99. The first-order valence-corrected chi connectivity index (χ1v) is 8.06. The van der Waals surface area contributed by atoms with E-state index in [0.717, 1.165) is 0 Å². The van der Waals surface area contributed by atoms with Crippen LogP contribution in [0.4, 0.5) is 0 Å². The average Bonchev–Trinajstić information content (AvgIpc) is 3.09. The number of nitriles is 1. The first-order chi connectivity index (χ1) is 12.0. The number of nitrogens with one attached hydrogen (secondary N) is 1. The average molecular weight is 361 g/mol.